The van der Waals surface area contributed by atoms with Crippen molar-refractivity contribution in [1.82, 2.24) is 5.32 Å². The van der Waals surface area contributed by atoms with Crippen LogP contribution < -0.4 is 10.4 Å². The molecule has 2 rings (SSSR count). The van der Waals surface area contributed by atoms with Gasteiger partial charge in [0.15, 0.2) is 0 Å². The van der Waals surface area contributed by atoms with Gasteiger partial charge in [0.1, 0.15) is 0 Å². The average Bonchev–Trinajstić information content (AvgIpc) is 2.80. The van der Waals surface area contributed by atoms with E-state index in [0.29, 0.717) is 13.1 Å². The molecule has 0 unspecified atom stereocenters. The Hall–Kier alpha value is -1.36. The van der Waals surface area contributed by atoms with Crippen LogP contribution in [0, 0.1) is 0 Å². The van der Waals surface area contributed by atoms with E-state index in [1.54, 1.807) is 12.1 Å². The van der Waals surface area contributed by atoms with Gasteiger partial charge in [0.25, 0.3) is 0 Å². The van der Waals surface area contributed by atoms with Gasteiger partial charge in [-0.15, -0.1) is 11.3 Å². The number of aromatic carboxylic acids is 1. The zero-order valence-electron chi connectivity index (χ0n) is 9.48. The van der Waals surface area contributed by atoms with Crippen molar-refractivity contribution < 1.29 is 9.90 Å². The largest absolute Gasteiger partial charge is 0.544 e. The number of hydrogen-bond donors (Lipinski definition) is 1. The van der Waals surface area contributed by atoms with Gasteiger partial charge in [0.2, 0.25) is 0 Å². The van der Waals surface area contributed by atoms with E-state index in [1.807, 2.05) is 24.3 Å². The molecule has 0 amide bonds. The summed E-state index contributed by atoms with van der Waals surface area (Å²) in [5.41, 5.74) is 1.02. The molecule has 0 bridgehead atoms. The molecule has 0 saturated carbocycles. The fourth-order valence-electron chi connectivity index (χ4n) is 1.54. The van der Waals surface area contributed by atoms with Crippen LogP contribution in [-0.4, -0.2) is 5.97 Å². The van der Waals surface area contributed by atoms with Crippen LogP contribution in [0.3, 0.4) is 0 Å². The summed E-state index contributed by atoms with van der Waals surface area (Å²) in [7, 11) is 0. The smallest absolute Gasteiger partial charge is 0.0815 e. The molecular weight excluding hydrogens is 270 g/mol. The molecule has 1 N–H and O–H groups in total. The molecule has 2 aromatic rings. The molecule has 0 atom stereocenters. The molecule has 1 aromatic carbocycles. The molecule has 5 heteroatoms. The third-order valence-electron chi connectivity index (χ3n) is 2.44. The summed E-state index contributed by atoms with van der Waals surface area (Å²) >= 11 is 7.25. The van der Waals surface area contributed by atoms with Crippen molar-refractivity contribution in [3.8, 4) is 0 Å². The maximum absolute atomic E-state index is 10.6. The Bertz CT molecular complexity index is 553. The van der Waals surface area contributed by atoms with Crippen LogP contribution >= 0.6 is 22.9 Å². The molecule has 0 radical (unpaired) electrons. The van der Waals surface area contributed by atoms with Gasteiger partial charge in [-0.25, -0.2) is 0 Å². The molecular formula is C13H11ClNO2S-. The number of carboxylic acid groups (broad SMARTS) is 1. The molecule has 0 saturated heterocycles. The van der Waals surface area contributed by atoms with Gasteiger partial charge in [0.05, 0.1) is 10.8 Å². The summed E-state index contributed by atoms with van der Waals surface area (Å²) in [6.45, 7) is 1.27. The van der Waals surface area contributed by atoms with Gasteiger partial charge in [-0.1, -0.05) is 29.8 Å². The first-order valence-corrected chi connectivity index (χ1v) is 6.60. The van der Waals surface area contributed by atoms with E-state index in [4.69, 9.17) is 11.6 Å². The van der Waals surface area contributed by atoms with Crippen LogP contribution in [-0.2, 0) is 13.1 Å². The first-order chi connectivity index (χ1) is 8.66. The van der Waals surface area contributed by atoms with Crippen molar-refractivity contribution in [2.75, 3.05) is 0 Å². The highest BCUT2D eigenvalue weighted by Crippen LogP contribution is 2.17. The molecule has 1 heterocycles. The van der Waals surface area contributed by atoms with E-state index in [1.165, 1.54) is 11.3 Å². The van der Waals surface area contributed by atoms with Crippen LogP contribution in [0.4, 0.5) is 0 Å². The fraction of sp³-hybridized carbons (Fsp3) is 0.154. The van der Waals surface area contributed by atoms with Gasteiger partial charge >= 0.3 is 0 Å². The third-order valence-corrected chi connectivity index (χ3v) is 3.87. The number of halogens is 1. The number of carbonyl (C=O) groups is 1. The van der Waals surface area contributed by atoms with Crippen LogP contribution in [0.15, 0.2) is 36.4 Å². The minimum atomic E-state index is -1.13. The SMILES string of the molecule is O=C([O-])c1ccc(CNCc2ccccc2Cl)s1. The van der Waals surface area contributed by atoms with Crippen molar-refractivity contribution in [2.45, 2.75) is 13.1 Å². The first-order valence-electron chi connectivity index (χ1n) is 5.41. The summed E-state index contributed by atoms with van der Waals surface area (Å²) in [5.74, 6) is -1.13. The third kappa shape index (κ3) is 3.32. The zero-order valence-corrected chi connectivity index (χ0v) is 11.1. The standard InChI is InChI=1S/C13H12ClNO2S/c14-11-4-2-1-3-9(11)7-15-8-10-5-6-12(18-10)13(16)17/h1-6,15H,7-8H2,(H,16,17)/p-1. The van der Waals surface area contributed by atoms with Crippen LogP contribution in [0.1, 0.15) is 20.1 Å². The minimum absolute atomic E-state index is 0.254. The minimum Gasteiger partial charge on any atom is -0.544 e. The number of hydrogen-bond acceptors (Lipinski definition) is 4. The number of carboxylic acids is 1. The highest BCUT2D eigenvalue weighted by atomic mass is 35.5. The summed E-state index contributed by atoms with van der Waals surface area (Å²) in [6.07, 6.45) is 0. The molecule has 18 heavy (non-hydrogen) atoms. The lowest BCUT2D eigenvalue weighted by Gasteiger charge is -2.05. The Balaban J connectivity index is 1.88. The lowest BCUT2D eigenvalue weighted by molar-refractivity contribution is -0.254. The molecule has 0 aliphatic carbocycles. The summed E-state index contributed by atoms with van der Waals surface area (Å²) in [6, 6.07) is 11.0. The number of thiophene rings is 1. The van der Waals surface area contributed by atoms with Crippen molar-refractivity contribution in [3.05, 3.63) is 56.7 Å². The maximum Gasteiger partial charge on any atom is 0.0815 e. The predicted molar refractivity (Wildman–Crippen MR) is 70.6 cm³/mol. The van der Waals surface area contributed by atoms with E-state index in [9.17, 15) is 9.90 Å². The molecule has 3 nitrogen and oxygen atoms in total. The van der Waals surface area contributed by atoms with E-state index < -0.39 is 5.97 Å². The molecule has 0 fully saturated rings. The van der Waals surface area contributed by atoms with Crippen molar-refractivity contribution in [2.24, 2.45) is 0 Å². The van der Waals surface area contributed by atoms with Gasteiger partial charge in [0, 0.05) is 23.0 Å². The van der Waals surface area contributed by atoms with E-state index >= 15 is 0 Å². The summed E-state index contributed by atoms with van der Waals surface area (Å²) in [4.78, 5) is 11.8. The van der Waals surface area contributed by atoms with E-state index in [0.717, 1.165) is 15.5 Å². The number of nitrogens with one attached hydrogen (secondary N) is 1. The molecule has 1 aromatic heterocycles. The number of carbonyl (C=O) groups excluding carboxylic acids is 1. The lowest BCUT2D eigenvalue weighted by atomic mass is 10.2. The van der Waals surface area contributed by atoms with Crippen LogP contribution in [0.5, 0.6) is 0 Å². The number of benzene rings is 1. The molecule has 94 valence electrons. The van der Waals surface area contributed by atoms with Gasteiger partial charge in [-0.2, -0.15) is 0 Å². The van der Waals surface area contributed by atoms with Gasteiger partial charge in [-0.05, 0) is 23.8 Å². The predicted octanol–water partition coefficient (Wildman–Crippen LogP) is 2.05. The topological polar surface area (TPSA) is 52.2 Å². The second-order valence-electron chi connectivity index (χ2n) is 3.75. The monoisotopic (exact) mass is 280 g/mol. The Morgan fingerprint density at radius 3 is 2.67 bits per heavy atom. The average molecular weight is 281 g/mol. The second-order valence-corrected chi connectivity index (χ2v) is 5.32. The lowest BCUT2D eigenvalue weighted by Crippen LogP contribution is -2.20. The Morgan fingerprint density at radius 1 is 1.22 bits per heavy atom. The summed E-state index contributed by atoms with van der Waals surface area (Å²) < 4.78 is 0. The van der Waals surface area contributed by atoms with Gasteiger partial charge in [-0.3, -0.25) is 0 Å². The van der Waals surface area contributed by atoms with E-state index in [2.05, 4.69) is 5.32 Å². The Labute approximate surface area is 114 Å². The first kappa shape index (κ1) is 13.1. The van der Waals surface area contributed by atoms with Crippen LogP contribution in [0.25, 0.3) is 0 Å². The van der Waals surface area contributed by atoms with Crippen molar-refractivity contribution >= 4 is 28.9 Å². The molecule has 0 aliphatic rings. The number of rotatable bonds is 5. The zero-order chi connectivity index (χ0) is 13.0. The maximum atomic E-state index is 10.6. The molecule has 0 spiro atoms. The normalized spacial score (nSPS) is 10.5. The highest BCUT2D eigenvalue weighted by Gasteiger charge is 2.02. The quantitative estimate of drug-likeness (QED) is 0.912. The fourth-order valence-corrected chi connectivity index (χ4v) is 2.56. The summed E-state index contributed by atoms with van der Waals surface area (Å²) in [5, 5.41) is 14.6. The Kier molecular flexibility index (Phi) is 4.36. The van der Waals surface area contributed by atoms with Crippen LogP contribution in [0.2, 0.25) is 5.02 Å². The van der Waals surface area contributed by atoms with E-state index in [-0.39, 0.29) is 4.88 Å². The molecule has 0 aliphatic heterocycles. The highest BCUT2D eigenvalue weighted by molar-refractivity contribution is 7.13. The Morgan fingerprint density at radius 2 is 2.00 bits per heavy atom. The van der Waals surface area contributed by atoms with Crippen molar-refractivity contribution in [1.29, 1.82) is 0 Å². The van der Waals surface area contributed by atoms with Gasteiger partial charge < -0.3 is 15.2 Å². The second kappa shape index (κ2) is 6.00. The van der Waals surface area contributed by atoms with Crippen molar-refractivity contribution in [3.63, 3.8) is 0 Å².